The molecule has 2 aromatic rings. The summed E-state index contributed by atoms with van der Waals surface area (Å²) in [6.45, 7) is 1.97. The molecule has 0 spiro atoms. The summed E-state index contributed by atoms with van der Waals surface area (Å²) in [7, 11) is 0. The Balaban J connectivity index is 1.93. The Bertz CT molecular complexity index is 697. The van der Waals surface area contributed by atoms with Gasteiger partial charge in [0.2, 0.25) is 5.76 Å². The van der Waals surface area contributed by atoms with Gasteiger partial charge in [-0.3, -0.25) is 4.79 Å². The second kappa shape index (κ2) is 7.44. The zero-order valence-electron chi connectivity index (χ0n) is 12.4. The Morgan fingerprint density at radius 3 is 2.57 bits per heavy atom. The molecule has 0 aliphatic carbocycles. The number of halogens is 1. The lowest BCUT2D eigenvalue weighted by atomic mass is 10.2. The molecule has 1 atom stereocenters. The van der Waals surface area contributed by atoms with Gasteiger partial charge in [-0.05, 0) is 30.7 Å². The van der Waals surface area contributed by atoms with E-state index >= 15 is 0 Å². The number of carboxylic acid groups (broad SMARTS) is 1. The van der Waals surface area contributed by atoms with Crippen LogP contribution in [0.25, 0.3) is 0 Å². The Morgan fingerprint density at radius 2 is 1.96 bits per heavy atom. The summed E-state index contributed by atoms with van der Waals surface area (Å²) in [5, 5.41) is 11.3. The van der Waals surface area contributed by atoms with Gasteiger partial charge in [0.25, 0.3) is 5.91 Å². The summed E-state index contributed by atoms with van der Waals surface area (Å²) in [5.74, 6) is -2.60. The number of benzene rings is 1. The summed E-state index contributed by atoms with van der Waals surface area (Å²) in [6, 6.07) is 8.48. The monoisotopic (exact) mass is 321 g/mol. The fourth-order valence-electron chi connectivity index (χ4n) is 1.86. The predicted molar refractivity (Wildman–Crippen MR) is 79.1 cm³/mol. The maximum absolute atomic E-state index is 13.5. The van der Waals surface area contributed by atoms with Gasteiger partial charge >= 0.3 is 5.97 Å². The second-order valence-electron chi connectivity index (χ2n) is 4.76. The molecule has 122 valence electrons. The Kier molecular flexibility index (Phi) is 5.35. The SMILES string of the molecule is CCC(CNC(=O)c1ccc(C(=O)O)o1)Oc1ccccc1F. The molecule has 0 bridgehead atoms. The minimum Gasteiger partial charge on any atom is -0.486 e. The van der Waals surface area contributed by atoms with Crippen LogP contribution >= 0.6 is 0 Å². The van der Waals surface area contributed by atoms with Crippen LogP contribution in [-0.2, 0) is 0 Å². The molecule has 1 unspecified atom stereocenters. The van der Waals surface area contributed by atoms with Crippen LogP contribution in [0.15, 0.2) is 40.8 Å². The van der Waals surface area contributed by atoms with Crippen molar-refractivity contribution in [1.82, 2.24) is 5.32 Å². The van der Waals surface area contributed by atoms with E-state index in [2.05, 4.69) is 5.32 Å². The smallest absolute Gasteiger partial charge is 0.371 e. The molecule has 0 aliphatic heterocycles. The first kappa shape index (κ1) is 16.5. The number of nitrogens with one attached hydrogen (secondary N) is 1. The minimum absolute atomic E-state index is 0.108. The Hall–Kier alpha value is -2.83. The zero-order valence-corrected chi connectivity index (χ0v) is 12.4. The molecule has 1 amide bonds. The number of carbonyl (C=O) groups is 2. The summed E-state index contributed by atoms with van der Waals surface area (Å²) < 4.78 is 24.0. The van der Waals surface area contributed by atoms with E-state index in [9.17, 15) is 14.0 Å². The van der Waals surface area contributed by atoms with Crippen molar-refractivity contribution in [2.75, 3.05) is 6.54 Å². The van der Waals surface area contributed by atoms with E-state index in [1.165, 1.54) is 24.3 Å². The average Bonchev–Trinajstić information content (AvgIpc) is 3.03. The van der Waals surface area contributed by atoms with Crippen molar-refractivity contribution in [2.45, 2.75) is 19.4 Å². The van der Waals surface area contributed by atoms with Crippen molar-refractivity contribution in [3.8, 4) is 5.75 Å². The fraction of sp³-hybridized carbons (Fsp3) is 0.250. The largest absolute Gasteiger partial charge is 0.486 e. The highest BCUT2D eigenvalue weighted by molar-refractivity contribution is 5.93. The molecule has 7 heteroatoms. The maximum atomic E-state index is 13.5. The third-order valence-electron chi connectivity index (χ3n) is 3.12. The quantitative estimate of drug-likeness (QED) is 0.818. The maximum Gasteiger partial charge on any atom is 0.371 e. The molecule has 2 N–H and O–H groups in total. The van der Waals surface area contributed by atoms with E-state index in [1.54, 1.807) is 12.1 Å². The van der Waals surface area contributed by atoms with Gasteiger partial charge in [-0.2, -0.15) is 0 Å². The van der Waals surface area contributed by atoms with Crippen molar-refractivity contribution in [3.63, 3.8) is 0 Å². The molecule has 2 rings (SSSR count). The highest BCUT2D eigenvalue weighted by atomic mass is 19.1. The third-order valence-corrected chi connectivity index (χ3v) is 3.12. The second-order valence-corrected chi connectivity index (χ2v) is 4.76. The first-order chi connectivity index (χ1) is 11.0. The topological polar surface area (TPSA) is 88.8 Å². The van der Waals surface area contributed by atoms with Gasteiger partial charge < -0.3 is 19.6 Å². The summed E-state index contributed by atoms with van der Waals surface area (Å²) in [4.78, 5) is 22.6. The number of carbonyl (C=O) groups excluding carboxylic acids is 1. The van der Waals surface area contributed by atoms with Crippen molar-refractivity contribution < 1.29 is 28.2 Å². The van der Waals surface area contributed by atoms with Crippen LogP contribution in [0.4, 0.5) is 4.39 Å². The summed E-state index contributed by atoms with van der Waals surface area (Å²) >= 11 is 0. The Labute approximate surface area is 131 Å². The molecule has 1 heterocycles. The van der Waals surface area contributed by atoms with Crippen LogP contribution in [0.1, 0.15) is 34.5 Å². The van der Waals surface area contributed by atoms with E-state index in [-0.39, 0.29) is 23.8 Å². The number of furan rings is 1. The van der Waals surface area contributed by atoms with Crippen LogP contribution in [-0.4, -0.2) is 29.6 Å². The predicted octanol–water partition coefficient (Wildman–Crippen LogP) is 2.70. The van der Waals surface area contributed by atoms with Crippen molar-refractivity contribution >= 4 is 11.9 Å². The zero-order chi connectivity index (χ0) is 16.8. The molecule has 0 aliphatic rings. The highest BCUT2D eigenvalue weighted by Crippen LogP contribution is 2.18. The first-order valence-electron chi connectivity index (χ1n) is 7.03. The van der Waals surface area contributed by atoms with Crippen LogP contribution in [0, 0.1) is 5.82 Å². The molecule has 1 aromatic carbocycles. The number of hydrogen-bond acceptors (Lipinski definition) is 4. The minimum atomic E-state index is -1.25. The number of rotatable bonds is 7. The van der Waals surface area contributed by atoms with Gasteiger partial charge in [-0.25, -0.2) is 9.18 Å². The van der Waals surface area contributed by atoms with Crippen molar-refractivity contribution in [2.24, 2.45) is 0 Å². The Morgan fingerprint density at radius 1 is 1.26 bits per heavy atom. The lowest BCUT2D eigenvalue weighted by Crippen LogP contribution is -2.35. The van der Waals surface area contributed by atoms with Crippen molar-refractivity contribution in [3.05, 3.63) is 53.7 Å². The molecule has 6 nitrogen and oxygen atoms in total. The first-order valence-corrected chi connectivity index (χ1v) is 7.03. The number of para-hydroxylation sites is 1. The molecule has 23 heavy (non-hydrogen) atoms. The van der Waals surface area contributed by atoms with Gasteiger partial charge in [0.15, 0.2) is 17.3 Å². The fourth-order valence-corrected chi connectivity index (χ4v) is 1.86. The van der Waals surface area contributed by atoms with E-state index < -0.39 is 23.8 Å². The number of amides is 1. The van der Waals surface area contributed by atoms with Gasteiger partial charge in [0, 0.05) is 0 Å². The van der Waals surface area contributed by atoms with Gasteiger partial charge in [-0.15, -0.1) is 0 Å². The van der Waals surface area contributed by atoms with Gasteiger partial charge in [0.05, 0.1) is 6.54 Å². The summed E-state index contributed by atoms with van der Waals surface area (Å²) in [5.41, 5.74) is 0. The van der Waals surface area contributed by atoms with Crippen LogP contribution < -0.4 is 10.1 Å². The van der Waals surface area contributed by atoms with E-state index in [0.29, 0.717) is 6.42 Å². The standard InChI is InChI=1S/C16H16FNO5/c1-2-10(22-12-6-4-3-5-11(12)17)9-18-15(19)13-7-8-14(23-13)16(20)21/h3-8,10H,2,9H2,1H3,(H,18,19)(H,20,21). The number of ether oxygens (including phenoxy) is 1. The van der Waals surface area contributed by atoms with Crippen molar-refractivity contribution in [1.29, 1.82) is 0 Å². The van der Waals surface area contributed by atoms with Crippen LogP contribution in [0.5, 0.6) is 5.75 Å². The van der Waals surface area contributed by atoms with E-state index in [4.69, 9.17) is 14.3 Å². The normalized spacial score (nSPS) is 11.7. The average molecular weight is 321 g/mol. The lowest BCUT2D eigenvalue weighted by Gasteiger charge is -2.18. The summed E-state index contributed by atoms with van der Waals surface area (Å²) in [6.07, 6.45) is 0.123. The molecular formula is C16H16FNO5. The van der Waals surface area contributed by atoms with E-state index in [0.717, 1.165) is 0 Å². The molecule has 0 fully saturated rings. The number of aromatic carboxylic acids is 1. The van der Waals surface area contributed by atoms with Crippen LogP contribution in [0.3, 0.4) is 0 Å². The lowest BCUT2D eigenvalue weighted by molar-refractivity contribution is 0.0659. The third kappa shape index (κ3) is 4.32. The van der Waals surface area contributed by atoms with Gasteiger partial charge in [-0.1, -0.05) is 19.1 Å². The molecule has 0 saturated heterocycles. The van der Waals surface area contributed by atoms with E-state index in [1.807, 2.05) is 6.92 Å². The molecular weight excluding hydrogens is 305 g/mol. The number of carboxylic acids is 1. The highest BCUT2D eigenvalue weighted by Gasteiger charge is 2.17. The number of hydrogen-bond donors (Lipinski definition) is 2. The molecule has 1 aromatic heterocycles. The molecule has 0 saturated carbocycles. The van der Waals surface area contributed by atoms with Gasteiger partial charge in [0.1, 0.15) is 6.10 Å². The van der Waals surface area contributed by atoms with Crippen LogP contribution in [0.2, 0.25) is 0 Å². The molecule has 0 radical (unpaired) electrons.